The van der Waals surface area contributed by atoms with Crippen molar-refractivity contribution in [2.45, 2.75) is 37.1 Å². The minimum Gasteiger partial charge on any atom is -0.366 e. The average molecular weight is 360 g/mol. The first-order chi connectivity index (χ1) is 11.9. The number of aryl methyl sites for hydroxylation is 1. The molecule has 1 aromatic heterocycles. The average Bonchev–Trinajstić information content (AvgIpc) is 2.55. The summed E-state index contributed by atoms with van der Waals surface area (Å²) in [5.41, 5.74) is 6.59. The summed E-state index contributed by atoms with van der Waals surface area (Å²) >= 11 is 1.18. The first kappa shape index (κ1) is 18.7. The number of aromatic amines is 1. The topological polar surface area (TPSA) is 118 Å². The Balaban J connectivity index is 2.02. The number of nitrogens with zero attached hydrogens (tertiary/aromatic N) is 1. The van der Waals surface area contributed by atoms with Gasteiger partial charge in [0.2, 0.25) is 11.8 Å². The third-order valence-electron chi connectivity index (χ3n) is 3.37. The van der Waals surface area contributed by atoms with E-state index in [1.54, 1.807) is 31.2 Å². The van der Waals surface area contributed by atoms with Crippen molar-refractivity contribution < 1.29 is 9.59 Å². The fourth-order valence-electron chi connectivity index (χ4n) is 2.11. The van der Waals surface area contributed by atoms with Gasteiger partial charge in [0.25, 0.3) is 5.56 Å². The molecule has 2 aromatic rings. The predicted molar refractivity (Wildman–Crippen MR) is 97.8 cm³/mol. The first-order valence-corrected chi connectivity index (χ1v) is 8.74. The zero-order chi connectivity index (χ0) is 18.4. The molecule has 0 aliphatic carbocycles. The highest BCUT2D eigenvalue weighted by molar-refractivity contribution is 8.00. The number of thioether (sulfide) groups is 1. The molecule has 132 valence electrons. The molecule has 25 heavy (non-hydrogen) atoms. The molecular weight excluding hydrogens is 340 g/mol. The lowest BCUT2D eigenvalue weighted by Crippen LogP contribution is -2.23. The number of carbonyl (C=O) groups excluding carboxylic acids is 2. The Labute approximate surface area is 149 Å². The third-order valence-corrected chi connectivity index (χ3v) is 4.36. The van der Waals surface area contributed by atoms with Crippen LogP contribution in [0.3, 0.4) is 0 Å². The molecule has 7 nitrogen and oxygen atoms in total. The number of amides is 2. The van der Waals surface area contributed by atoms with Crippen molar-refractivity contribution in [2.24, 2.45) is 5.73 Å². The van der Waals surface area contributed by atoms with E-state index in [1.165, 1.54) is 17.8 Å². The number of anilines is 1. The fraction of sp³-hybridized carbons (Fsp3) is 0.294. The Morgan fingerprint density at radius 3 is 2.60 bits per heavy atom. The summed E-state index contributed by atoms with van der Waals surface area (Å²) in [6, 6.07) is 7.78. The number of rotatable bonds is 7. The fourth-order valence-corrected chi connectivity index (χ4v) is 2.94. The molecule has 8 heteroatoms. The second-order valence-corrected chi connectivity index (χ2v) is 6.81. The van der Waals surface area contributed by atoms with Gasteiger partial charge in [-0.05, 0) is 37.6 Å². The molecule has 1 heterocycles. The van der Waals surface area contributed by atoms with Crippen LogP contribution in [-0.4, -0.2) is 27.0 Å². The summed E-state index contributed by atoms with van der Waals surface area (Å²) in [7, 11) is 0. The first-order valence-electron chi connectivity index (χ1n) is 7.86. The highest BCUT2D eigenvalue weighted by atomic mass is 32.2. The van der Waals surface area contributed by atoms with Crippen LogP contribution in [0.1, 0.15) is 36.3 Å². The van der Waals surface area contributed by atoms with Crippen molar-refractivity contribution in [1.82, 2.24) is 9.97 Å². The molecule has 0 aliphatic rings. The maximum Gasteiger partial charge on any atom is 0.251 e. The number of nitrogens with one attached hydrogen (secondary N) is 2. The van der Waals surface area contributed by atoms with Crippen LogP contribution in [0.4, 0.5) is 5.69 Å². The third kappa shape index (κ3) is 5.46. The number of benzene rings is 1. The van der Waals surface area contributed by atoms with E-state index in [4.69, 9.17) is 5.73 Å². The van der Waals surface area contributed by atoms with Gasteiger partial charge < -0.3 is 16.0 Å². The number of primary amides is 1. The van der Waals surface area contributed by atoms with E-state index in [0.717, 1.165) is 6.42 Å². The predicted octanol–water partition coefficient (Wildman–Crippen LogP) is 1.94. The number of hydrogen-bond donors (Lipinski definition) is 3. The molecule has 0 saturated carbocycles. The maximum atomic E-state index is 12.3. The van der Waals surface area contributed by atoms with Crippen molar-refractivity contribution in [1.29, 1.82) is 0 Å². The van der Waals surface area contributed by atoms with E-state index in [0.29, 0.717) is 28.5 Å². The van der Waals surface area contributed by atoms with Gasteiger partial charge in [-0.25, -0.2) is 4.98 Å². The largest absolute Gasteiger partial charge is 0.366 e. The van der Waals surface area contributed by atoms with Gasteiger partial charge in [0.05, 0.1) is 5.25 Å². The molecule has 1 atom stereocenters. The summed E-state index contributed by atoms with van der Waals surface area (Å²) in [5, 5.41) is 2.71. The zero-order valence-electron chi connectivity index (χ0n) is 14.0. The van der Waals surface area contributed by atoms with E-state index in [9.17, 15) is 14.4 Å². The van der Waals surface area contributed by atoms with Gasteiger partial charge in [0.15, 0.2) is 5.16 Å². The van der Waals surface area contributed by atoms with Crippen LogP contribution in [0.5, 0.6) is 0 Å². The van der Waals surface area contributed by atoms with Gasteiger partial charge in [-0.3, -0.25) is 14.4 Å². The van der Waals surface area contributed by atoms with Gasteiger partial charge in [0.1, 0.15) is 0 Å². The van der Waals surface area contributed by atoms with Crippen molar-refractivity contribution in [3.63, 3.8) is 0 Å². The van der Waals surface area contributed by atoms with Crippen LogP contribution in [0.2, 0.25) is 0 Å². The van der Waals surface area contributed by atoms with Crippen LogP contribution in [0.15, 0.2) is 40.3 Å². The minimum absolute atomic E-state index is 0.226. The second kappa shape index (κ2) is 8.48. The van der Waals surface area contributed by atoms with E-state index >= 15 is 0 Å². The van der Waals surface area contributed by atoms with Crippen molar-refractivity contribution >= 4 is 29.3 Å². The number of carbonyl (C=O) groups is 2. The van der Waals surface area contributed by atoms with Crippen molar-refractivity contribution in [2.75, 3.05) is 5.32 Å². The summed E-state index contributed by atoms with van der Waals surface area (Å²) in [6.45, 7) is 3.74. The van der Waals surface area contributed by atoms with E-state index in [2.05, 4.69) is 15.3 Å². The highest BCUT2D eigenvalue weighted by Crippen LogP contribution is 2.20. The minimum atomic E-state index is -0.524. The lowest BCUT2D eigenvalue weighted by atomic mass is 10.2. The van der Waals surface area contributed by atoms with Gasteiger partial charge >= 0.3 is 0 Å². The van der Waals surface area contributed by atoms with Crippen LogP contribution < -0.4 is 16.6 Å². The molecule has 4 N–H and O–H groups in total. The smallest absolute Gasteiger partial charge is 0.251 e. The highest BCUT2D eigenvalue weighted by Gasteiger charge is 2.16. The van der Waals surface area contributed by atoms with Crippen LogP contribution >= 0.6 is 11.8 Å². The van der Waals surface area contributed by atoms with E-state index in [-0.39, 0.29) is 11.5 Å². The summed E-state index contributed by atoms with van der Waals surface area (Å²) in [6.07, 6.45) is 1.60. The normalized spacial score (nSPS) is 11.8. The van der Waals surface area contributed by atoms with Gasteiger partial charge in [-0.1, -0.05) is 25.1 Å². The molecule has 2 amide bonds. The Kier molecular flexibility index (Phi) is 6.35. The summed E-state index contributed by atoms with van der Waals surface area (Å²) < 4.78 is 0. The number of nitrogens with two attached hydrogens (primary N) is 1. The van der Waals surface area contributed by atoms with E-state index in [1.807, 2.05) is 6.92 Å². The Morgan fingerprint density at radius 2 is 2.00 bits per heavy atom. The quantitative estimate of drug-likeness (QED) is 0.515. The number of aromatic nitrogens is 2. The maximum absolute atomic E-state index is 12.3. The standard InChI is InChI=1S/C17H20N4O3S/c1-3-4-13-9-14(22)21-17(20-13)25-10(2)16(24)19-12-7-5-11(6-8-12)15(18)23/h5-10H,3-4H2,1-2H3,(H2,18,23)(H,19,24)(H,20,21,22)/t10-/m0/s1. The summed E-state index contributed by atoms with van der Waals surface area (Å²) in [5.74, 6) is -0.760. The monoisotopic (exact) mass is 360 g/mol. The van der Waals surface area contributed by atoms with Crippen LogP contribution in [-0.2, 0) is 11.2 Å². The SMILES string of the molecule is CCCc1cc(=O)[nH]c(S[C@@H](C)C(=O)Nc2ccc(C(N)=O)cc2)n1. The molecular formula is C17H20N4O3S. The molecule has 0 radical (unpaired) electrons. The van der Waals surface area contributed by atoms with Crippen LogP contribution in [0, 0.1) is 0 Å². The lowest BCUT2D eigenvalue weighted by Gasteiger charge is -2.12. The zero-order valence-corrected chi connectivity index (χ0v) is 14.9. The molecule has 0 fully saturated rings. The second-order valence-electron chi connectivity index (χ2n) is 5.48. The Bertz CT molecular complexity index is 817. The van der Waals surface area contributed by atoms with Gasteiger partial charge in [-0.2, -0.15) is 0 Å². The lowest BCUT2D eigenvalue weighted by molar-refractivity contribution is -0.115. The molecule has 0 aliphatic heterocycles. The van der Waals surface area contributed by atoms with Crippen molar-refractivity contribution in [3.8, 4) is 0 Å². The molecule has 0 bridgehead atoms. The molecule has 0 unspecified atom stereocenters. The van der Waals surface area contributed by atoms with Crippen LogP contribution in [0.25, 0.3) is 0 Å². The Morgan fingerprint density at radius 1 is 1.32 bits per heavy atom. The van der Waals surface area contributed by atoms with Gasteiger partial charge in [0, 0.05) is 23.0 Å². The van der Waals surface area contributed by atoms with Gasteiger partial charge in [-0.15, -0.1) is 0 Å². The van der Waals surface area contributed by atoms with Crippen molar-refractivity contribution in [3.05, 3.63) is 51.9 Å². The molecule has 0 saturated heterocycles. The molecule has 0 spiro atoms. The van der Waals surface area contributed by atoms with E-state index < -0.39 is 11.2 Å². The molecule has 1 aromatic carbocycles. The number of hydrogen-bond acceptors (Lipinski definition) is 5. The number of H-pyrrole nitrogens is 1. The molecule has 2 rings (SSSR count). The summed E-state index contributed by atoms with van der Waals surface area (Å²) in [4.78, 5) is 42.0. The Hall–Kier alpha value is -2.61.